The Labute approximate surface area is 125 Å². The lowest BCUT2D eigenvalue weighted by Crippen LogP contribution is -2.04. The average molecular weight is 329 g/mol. The van der Waals surface area contributed by atoms with Gasteiger partial charge in [0.05, 0.1) is 5.39 Å². The third kappa shape index (κ3) is 2.18. The minimum absolute atomic E-state index is 0.288. The highest BCUT2D eigenvalue weighted by Crippen LogP contribution is 2.30. The lowest BCUT2D eigenvalue weighted by Gasteiger charge is -2.10. The van der Waals surface area contributed by atoms with Gasteiger partial charge in [0.2, 0.25) is 0 Å². The Kier molecular flexibility index (Phi) is 3.45. The third-order valence-corrected chi connectivity index (χ3v) is 3.88. The molecule has 0 unspecified atom stereocenters. The van der Waals surface area contributed by atoms with Crippen LogP contribution in [-0.2, 0) is 6.42 Å². The van der Waals surface area contributed by atoms with E-state index in [1.165, 1.54) is 0 Å². The van der Waals surface area contributed by atoms with Crippen LogP contribution in [0.1, 0.15) is 12.5 Å². The van der Waals surface area contributed by atoms with E-state index in [-0.39, 0.29) is 5.63 Å². The fourth-order valence-electron chi connectivity index (χ4n) is 2.45. The van der Waals surface area contributed by atoms with Crippen LogP contribution in [-0.4, -0.2) is 0 Å². The van der Waals surface area contributed by atoms with Crippen molar-refractivity contribution in [1.82, 2.24) is 0 Å². The molecule has 3 rings (SSSR count). The van der Waals surface area contributed by atoms with E-state index in [4.69, 9.17) is 4.42 Å². The molecule has 0 radical (unpaired) electrons. The molecule has 1 heterocycles. The predicted octanol–water partition coefficient (Wildman–Crippen LogP) is 4.78. The Morgan fingerprint density at radius 1 is 1.05 bits per heavy atom. The minimum Gasteiger partial charge on any atom is -0.422 e. The van der Waals surface area contributed by atoms with Gasteiger partial charge in [-0.2, -0.15) is 0 Å². The second-order valence-electron chi connectivity index (χ2n) is 4.61. The zero-order valence-electron chi connectivity index (χ0n) is 11.0. The largest absolute Gasteiger partial charge is 0.422 e. The quantitative estimate of drug-likeness (QED) is 0.677. The van der Waals surface area contributed by atoms with Crippen molar-refractivity contribution in [3.8, 4) is 11.3 Å². The van der Waals surface area contributed by atoms with Gasteiger partial charge in [0.15, 0.2) is 0 Å². The van der Waals surface area contributed by atoms with Gasteiger partial charge in [-0.3, -0.25) is 0 Å². The van der Waals surface area contributed by atoms with E-state index in [2.05, 4.69) is 22.9 Å². The molecule has 0 atom stereocenters. The standard InChI is InChI=1S/C17H13BrO2/c1-2-13-15-10-12(18)8-9-14(15)17(19)20-16(13)11-6-4-3-5-7-11/h3-10H,2H2,1H3. The Balaban J connectivity index is 2.42. The first-order chi connectivity index (χ1) is 9.70. The lowest BCUT2D eigenvalue weighted by molar-refractivity contribution is 0.529. The molecule has 2 nitrogen and oxygen atoms in total. The van der Waals surface area contributed by atoms with Crippen LogP contribution in [0, 0.1) is 0 Å². The van der Waals surface area contributed by atoms with Gasteiger partial charge in [-0.15, -0.1) is 0 Å². The van der Waals surface area contributed by atoms with Crippen molar-refractivity contribution in [2.45, 2.75) is 13.3 Å². The van der Waals surface area contributed by atoms with E-state index < -0.39 is 0 Å². The van der Waals surface area contributed by atoms with Crippen molar-refractivity contribution in [2.75, 3.05) is 0 Å². The van der Waals surface area contributed by atoms with Crippen molar-refractivity contribution >= 4 is 26.7 Å². The molecule has 0 aliphatic rings. The van der Waals surface area contributed by atoms with Crippen LogP contribution in [0.3, 0.4) is 0 Å². The highest BCUT2D eigenvalue weighted by molar-refractivity contribution is 9.10. The van der Waals surface area contributed by atoms with Gasteiger partial charge < -0.3 is 4.42 Å². The van der Waals surface area contributed by atoms with Crippen LogP contribution in [0.15, 0.2) is 62.2 Å². The monoisotopic (exact) mass is 328 g/mol. The predicted molar refractivity (Wildman–Crippen MR) is 85.0 cm³/mol. The number of rotatable bonds is 2. The van der Waals surface area contributed by atoms with Gasteiger partial charge in [-0.25, -0.2) is 4.79 Å². The van der Waals surface area contributed by atoms with Gasteiger partial charge >= 0.3 is 5.63 Å². The van der Waals surface area contributed by atoms with Gasteiger partial charge in [0.25, 0.3) is 0 Å². The van der Waals surface area contributed by atoms with E-state index >= 15 is 0 Å². The smallest absolute Gasteiger partial charge is 0.344 e. The first-order valence-electron chi connectivity index (χ1n) is 6.51. The fraction of sp³-hybridized carbons (Fsp3) is 0.118. The number of benzene rings is 2. The molecule has 0 amide bonds. The topological polar surface area (TPSA) is 30.2 Å². The molecular formula is C17H13BrO2. The van der Waals surface area contributed by atoms with Crippen molar-refractivity contribution < 1.29 is 4.42 Å². The summed E-state index contributed by atoms with van der Waals surface area (Å²) in [4.78, 5) is 12.2. The average Bonchev–Trinajstić information content (AvgIpc) is 2.47. The van der Waals surface area contributed by atoms with Crippen molar-refractivity contribution in [3.05, 3.63) is 69.0 Å². The zero-order valence-corrected chi connectivity index (χ0v) is 12.6. The van der Waals surface area contributed by atoms with Crippen molar-refractivity contribution in [1.29, 1.82) is 0 Å². The molecular weight excluding hydrogens is 316 g/mol. The molecule has 0 saturated heterocycles. The SMILES string of the molecule is CCc1c(-c2ccccc2)oc(=O)c2ccc(Br)cc12. The maximum atomic E-state index is 12.2. The molecule has 0 spiro atoms. The molecule has 0 aliphatic heterocycles. The van der Waals surface area contributed by atoms with Crippen LogP contribution < -0.4 is 5.63 Å². The summed E-state index contributed by atoms with van der Waals surface area (Å²) in [6.45, 7) is 2.07. The molecule has 3 aromatic rings. The summed E-state index contributed by atoms with van der Waals surface area (Å²) in [6.07, 6.45) is 0.807. The maximum absolute atomic E-state index is 12.2. The van der Waals surface area contributed by atoms with E-state index in [1.54, 1.807) is 6.07 Å². The van der Waals surface area contributed by atoms with Crippen LogP contribution >= 0.6 is 15.9 Å². The number of fused-ring (bicyclic) bond motifs is 1. The summed E-state index contributed by atoms with van der Waals surface area (Å²) in [5, 5.41) is 1.58. The van der Waals surface area contributed by atoms with Gasteiger partial charge in [0, 0.05) is 15.6 Å². The van der Waals surface area contributed by atoms with Crippen molar-refractivity contribution in [2.24, 2.45) is 0 Å². The van der Waals surface area contributed by atoms with Crippen molar-refractivity contribution in [3.63, 3.8) is 0 Å². The number of hydrogen-bond acceptors (Lipinski definition) is 2. The Morgan fingerprint density at radius 2 is 1.80 bits per heavy atom. The second-order valence-corrected chi connectivity index (χ2v) is 5.52. The molecule has 0 bridgehead atoms. The normalized spacial score (nSPS) is 10.9. The summed E-state index contributed by atoms with van der Waals surface area (Å²) < 4.78 is 6.53. The van der Waals surface area contributed by atoms with E-state index in [1.807, 2.05) is 42.5 Å². The van der Waals surface area contributed by atoms with Crippen LogP contribution in [0.5, 0.6) is 0 Å². The maximum Gasteiger partial charge on any atom is 0.344 e. The molecule has 3 heteroatoms. The molecule has 0 N–H and O–H groups in total. The van der Waals surface area contributed by atoms with Gasteiger partial charge in [0.1, 0.15) is 5.76 Å². The molecule has 0 saturated carbocycles. The summed E-state index contributed by atoms with van der Waals surface area (Å²) in [7, 11) is 0. The van der Waals surface area contributed by atoms with E-state index in [0.29, 0.717) is 11.1 Å². The molecule has 2 aromatic carbocycles. The third-order valence-electron chi connectivity index (χ3n) is 3.39. The highest BCUT2D eigenvalue weighted by Gasteiger charge is 2.14. The Bertz CT molecular complexity index is 820. The minimum atomic E-state index is -0.288. The number of aryl methyl sites for hydroxylation is 1. The second kappa shape index (κ2) is 5.25. The Morgan fingerprint density at radius 3 is 2.50 bits per heavy atom. The fourth-order valence-corrected chi connectivity index (χ4v) is 2.81. The number of halogens is 1. The highest BCUT2D eigenvalue weighted by atomic mass is 79.9. The van der Waals surface area contributed by atoms with E-state index in [0.717, 1.165) is 27.4 Å². The first-order valence-corrected chi connectivity index (χ1v) is 7.30. The summed E-state index contributed by atoms with van der Waals surface area (Å²) in [6, 6.07) is 15.4. The van der Waals surface area contributed by atoms with Gasteiger partial charge in [-0.05, 0) is 30.0 Å². The van der Waals surface area contributed by atoms with Crippen LogP contribution in [0.2, 0.25) is 0 Å². The summed E-state index contributed by atoms with van der Waals surface area (Å²) in [5.74, 6) is 0.670. The van der Waals surface area contributed by atoms with E-state index in [9.17, 15) is 4.79 Å². The summed E-state index contributed by atoms with van der Waals surface area (Å²) >= 11 is 3.47. The zero-order chi connectivity index (χ0) is 14.1. The molecule has 0 aliphatic carbocycles. The first kappa shape index (κ1) is 13.1. The molecule has 20 heavy (non-hydrogen) atoms. The lowest BCUT2D eigenvalue weighted by atomic mass is 9.99. The summed E-state index contributed by atoms with van der Waals surface area (Å²) in [5.41, 5.74) is 1.71. The molecule has 100 valence electrons. The van der Waals surface area contributed by atoms with Gasteiger partial charge in [-0.1, -0.05) is 53.2 Å². The Hall–Kier alpha value is -1.87. The molecule has 1 aromatic heterocycles. The molecule has 0 fully saturated rings. The van der Waals surface area contributed by atoms with Crippen LogP contribution in [0.25, 0.3) is 22.1 Å². The van der Waals surface area contributed by atoms with Crippen LogP contribution in [0.4, 0.5) is 0 Å². The number of hydrogen-bond donors (Lipinski definition) is 0.